The van der Waals surface area contributed by atoms with E-state index in [0.717, 1.165) is 44.8 Å². The standard InChI is InChI=1S/C18H21FN4/c19-17-11-21-18(12-20-17)22-8-5-14(6-9-22)13-23-10-7-15-3-1-2-4-16(15)23/h1-4,11-12,14H,5-10,13H2. The molecule has 0 saturated carbocycles. The lowest BCUT2D eigenvalue weighted by molar-refractivity contribution is 0.403. The van der Waals surface area contributed by atoms with Crippen molar-refractivity contribution in [1.29, 1.82) is 0 Å². The molecule has 2 aromatic rings. The van der Waals surface area contributed by atoms with Crippen LogP contribution in [0, 0.1) is 11.9 Å². The summed E-state index contributed by atoms with van der Waals surface area (Å²) in [5, 5.41) is 0. The first kappa shape index (κ1) is 14.4. The number of halogens is 1. The molecule has 5 heteroatoms. The average Bonchev–Trinajstić information content (AvgIpc) is 3.00. The Bertz CT molecular complexity index is 665. The predicted octanol–water partition coefficient (Wildman–Crippen LogP) is 2.89. The van der Waals surface area contributed by atoms with E-state index in [-0.39, 0.29) is 0 Å². The van der Waals surface area contributed by atoms with Gasteiger partial charge in [-0.05, 0) is 36.8 Å². The van der Waals surface area contributed by atoms with Crippen LogP contribution in [0.1, 0.15) is 18.4 Å². The predicted molar refractivity (Wildman–Crippen MR) is 89.3 cm³/mol. The third-order valence-corrected chi connectivity index (χ3v) is 5.01. The Morgan fingerprint density at radius 1 is 1.04 bits per heavy atom. The maximum Gasteiger partial charge on any atom is 0.231 e. The van der Waals surface area contributed by atoms with Crippen molar-refractivity contribution in [3.05, 3.63) is 48.2 Å². The highest BCUT2D eigenvalue weighted by Gasteiger charge is 2.25. The number of hydrogen-bond acceptors (Lipinski definition) is 4. The number of benzene rings is 1. The van der Waals surface area contributed by atoms with Crippen LogP contribution in [0.15, 0.2) is 36.7 Å². The van der Waals surface area contributed by atoms with Crippen molar-refractivity contribution in [2.75, 3.05) is 36.0 Å². The van der Waals surface area contributed by atoms with Crippen molar-refractivity contribution in [2.45, 2.75) is 19.3 Å². The van der Waals surface area contributed by atoms with Crippen molar-refractivity contribution >= 4 is 11.5 Å². The molecule has 1 aromatic carbocycles. The topological polar surface area (TPSA) is 32.3 Å². The normalized spacial score (nSPS) is 18.3. The molecule has 0 unspecified atom stereocenters. The summed E-state index contributed by atoms with van der Waals surface area (Å²) >= 11 is 0. The van der Waals surface area contributed by atoms with Gasteiger partial charge in [0, 0.05) is 31.9 Å². The zero-order valence-corrected chi connectivity index (χ0v) is 13.2. The summed E-state index contributed by atoms with van der Waals surface area (Å²) in [6.45, 7) is 4.23. The molecular weight excluding hydrogens is 291 g/mol. The highest BCUT2D eigenvalue weighted by Crippen LogP contribution is 2.30. The minimum Gasteiger partial charge on any atom is -0.371 e. The molecule has 1 aromatic heterocycles. The Morgan fingerprint density at radius 3 is 2.65 bits per heavy atom. The molecule has 4 nitrogen and oxygen atoms in total. The Balaban J connectivity index is 1.35. The van der Waals surface area contributed by atoms with Gasteiger partial charge in [0.25, 0.3) is 0 Å². The van der Waals surface area contributed by atoms with Gasteiger partial charge in [0.2, 0.25) is 5.95 Å². The van der Waals surface area contributed by atoms with Crippen LogP contribution in [0.25, 0.3) is 0 Å². The summed E-state index contributed by atoms with van der Waals surface area (Å²) in [6, 6.07) is 8.74. The van der Waals surface area contributed by atoms with Crippen molar-refractivity contribution in [3.8, 4) is 0 Å². The number of hydrogen-bond donors (Lipinski definition) is 0. The molecule has 4 rings (SSSR count). The zero-order chi connectivity index (χ0) is 15.6. The minimum absolute atomic E-state index is 0.517. The first-order valence-electron chi connectivity index (χ1n) is 8.35. The summed E-state index contributed by atoms with van der Waals surface area (Å²) in [5.74, 6) is 0.985. The Hall–Kier alpha value is -2.17. The summed E-state index contributed by atoms with van der Waals surface area (Å²) < 4.78 is 12.9. The summed E-state index contributed by atoms with van der Waals surface area (Å²) in [6.07, 6.45) is 6.20. The molecule has 0 radical (unpaired) electrons. The Morgan fingerprint density at radius 2 is 1.87 bits per heavy atom. The lowest BCUT2D eigenvalue weighted by atomic mass is 9.96. The lowest BCUT2D eigenvalue weighted by Crippen LogP contribution is -2.38. The van der Waals surface area contributed by atoms with Gasteiger partial charge in [-0.1, -0.05) is 18.2 Å². The van der Waals surface area contributed by atoms with Crippen LogP contribution in [-0.4, -0.2) is 36.1 Å². The van der Waals surface area contributed by atoms with Crippen LogP contribution in [0.5, 0.6) is 0 Å². The van der Waals surface area contributed by atoms with Crippen molar-refractivity contribution in [3.63, 3.8) is 0 Å². The van der Waals surface area contributed by atoms with Crippen molar-refractivity contribution in [2.24, 2.45) is 5.92 Å². The van der Waals surface area contributed by atoms with Crippen LogP contribution in [-0.2, 0) is 6.42 Å². The number of piperidine rings is 1. The molecule has 0 aliphatic carbocycles. The van der Waals surface area contributed by atoms with E-state index in [1.807, 2.05) is 0 Å². The van der Waals surface area contributed by atoms with Gasteiger partial charge >= 0.3 is 0 Å². The second-order valence-electron chi connectivity index (χ2n) is 6.45. The lowest BCUT2D eigenvalue weighted by Gasteiger charge is -2.35. The molecule has 120 valence electrons. The van der Waals surface area contributed by atoms with Crippen molar-refractivity contribution < 1.29 is 4.39 Å². The fourth-order valence-electron chi connectivity index (χ4n) is 3.72. The SMILES string of the molecule is Fc1cnc(N2CCC(CN3CCc4ccccc43)CC2)cn1. The third kappa shape index (κ3) is 3.00. The van der Waals surface area contributed by atoms with Crippen LogP contribution in [0.2, 0.25) is 0 Å². The number of rotatable bonds is 3. The van der Waals surface area contributed by atoms with E-state index in [9.17, 15) is 4.39 Å². The maximum atomic E-state index is 12.9. The molecule has 1 saturated heterocycles. The molecular formula is C18H21FN4. The monoisotopic (exact) mass is 312 g/mol. The average molecular weight is 312 g/mol. The largest absolute Gasteiger partial charge is 0.371 e. The summed E-state index contributed by atoms with van der Waals surface area (Å²) in [7, 11) is 0. The van der Waals surface area contributed by atoms with Gasteiger partial charge in [-0.3, -0.25) is 0 Å². The van der Waals surface area contributed by atoms with Gasteiger partial charge in [0.1, 0.15) is 5.82 Å². The zero-order valence-electron chi connectivity index (χ0n) is 13.2. The molecule has 2 aliphatic rings. The molecule has 0 atom stereocenters. The fourth-order valence-corrected chi connectivity index (χ4v) is 3.72. The highest BCUT2D eigenvalue weighted by atomic mass is 19.1. The molecule has 0 N–H and O–H groups in total. The van der Waals surface area contributed by atoms with Crippen LogP contribution < -0.4 is 9.80 Å². The van der Waals surface area contributed by atoms with Gasteiger partial charge in [0.15, 0.2) is 0 Å². The first-order valence-corrected chi connectivity index (χ1v) is 8.35. The molecule has 3 heterocycles. The van der Waals surface area contributed by atoms with Gasteiger partial charge in [-0.2, -0.15) is 4.39 Å². The quantitative estimate of drug-likeness (QED) is 0.872. The van der Waals surface area contributed by atoms with E-state index < -0.39 is 5.95 Å². The molecule has 2 aliphatic heterocycles. The molecule has 0 bridgehead atoms. The smallest absolute Gasteiger partial charge is 0.231 e. The Kier molecular flexibility index (Phi) is 3.85. The Labute approximate surface area is 136 Å². The maximum absolute atomic E-state index is 12.9. The van der Waals surface area contributed by atoms with Gasteiger partial charge in [-0.15, -0.1) is 0 Å². The number of para-hydroxylation sites is 1. The fraction of sp³-hybridized carbons (Fsp3) is 0.444. The number of anilines is 2. The van der Waals surface area contributed by atoms with Gasteiger partial charge < -0.3 is 9.80 Å². The van der Waals surface area contributed by atoms with E-state index in [1.165, 1.54) is 30.1 Å². The van der Waals surface area contributed by atoms with Gasteiger partial charge in [0.05, 0.1) is 12.4 Å². The van der Waals surface area contributed by atoms with Crippen LogP contribution in [0.3, 0.4) is 0 Å². The summed E-state index contributed by atoms with van der Waals surface area (Å²) in [5.41, 5.74) is 2.89. The van der Waals surface area contributed by atoms with E-state index in [4.69, 9.17) is 0 Å². The third-order valence-electron chi connectivity index (χ3n) is 5.01. The molecule has 0 spiro atoms. The van der Waals surface area contributed by atoms with E-state index in [0.29, 0.717) is 5.92 Å². The first-order chi connectivity index (χ1) is 11.3. The number of nitrogens with zero attached hydrogens (tertiary/aromatic N) is 4. The minimum atomic E-state index is -0.517. The van der Waals surface area contributed by atoms with E-state index in [1.54, 1.807) is 0 Å². The second kappa shape index (κ2) is 6.14. The highest BCUT2D eigenvalue weighted by molar-refractivity contribution is 5.57. The van der Waals surface area contributed by atoms with Crippen LogP contribution >= 0.6 is 0 Å². The summed E-state index contributed by atoms with van der Waals surface area (Å²) in [4.78, 5) is 12.6. The van der Waals surface area contributed by atoms with E-state index in [2.05, 4.69) is 44.0 Å². The molecule has 0 amide bonds. The van der Waals surface area contributed by atoms with E-state index >= 15 is 0 Å². The van der Waals surface area contributed by atoms with Crippen LogP contribution in [0.4, 0.5) is 15.9 Å². The molecule has 1 fully saturated rings. The van der Waals surface area contributed by atoms with Gasteiger partial charge in [-0.25, -0.2) is 9.97 Å². The molecule has 23 heavy (non-hydrogen) atoms. The second-order valence-corrected chi connectivity index (χ2v) is 6.45. The van der Waals surface area contributed by atoms with Crippen molar-refractivity contribution in [1.82, 2.24) is 9.97 Å². The number of aromatic nitrogens is 2. The number of fused-ring (bicyclic) bond motifs is 1.